The van der Waals surface area contributed by atoms with Crippen molar-refractivity contribution in [3.05, 3.63) is 117 Å². The number of rotatable bonds is 17. The zero-order chi connectivity index (χ0) is 43.2. The second-order valence-electron chi connectivity index (χ2n) is 14.4. The number of amides is 2. The molecule has 5 aliphatic rings. The number of carbonyl (C=O) groups is 6. The monoisotopic (exact) mass is 807 g/mol. The van der Waals surface area contributed by atoms with E-state index >= 15 is 0 Å². The molecule has 1 unspecified atom stereocenters. The number of aliphatic carboxylic acids is 2. The van der Waals surface area contributed by atoms with Crippen molar-refractivity contribution in [2.45, 2.75) is 83.9 Å². The Hall–Kier alpha value is -6.85. The molecule has 59 heavy (non-hydrogen) atoms. The summed E-state index contributed by atoms with van der Waals surface area (Å²) in [6.45, 7) is 11.1. The summed E-state index contributed by atoms with van der Waals surface area (Å²) in [6, 6.07) is -2.43. The molecule has 0 saturated carbocycles. The number of aliphatic hydroxyl groups is 1. The molecule has 0 radical (unpaired) electrons. The topological polar surface area (TPSA) is 269 Å². The second kappa shape index (κ2) is 18.2. The lowest BCUT2D eigenvalue weighted by Crippen LogP contribution is -2.37. The van der Waals surface area contributed by atoms with Gasteiger partial charge >= 0.3 is 11.9 Å². The summed E-state index contributed by atoms with van der Waals surface area (Å²) in [5.74, 6) is -3.61. The van der Waals surface area contributed by atoms with E-state index in [2.05, 4.69) is 22.5 Å². The first-order valence-corrected chi connectivity index (χ1v) is 18.6. The van der Waals surface area contributed by atoms with Crippen LogP contribution < -0.4 is 21.4 Å². The Kier molecular flexibility index (Phi) is 13.3. The molecule has 17 nitrogen and oxygen atoms in total. The van der Waals surface area contributed by atoms with Crippen molar-refractivity contribution in [3.63, 3.8) is 0 Å². The number of carboxylic acids is 2. The van der Waals surface area contributed by atoms with Crippen LogP contribution in [0.5, 0.6) is 0 Å². The number of aldehydes is 2. The number of nitrogens with zero attached hydrogens (tertiary/aromatic N) is 3. The summed E-state index contributed by atoms with van der Waals surface area (Å²) in [7, 11) is 0. The van der Waals surface area contributed by atoms with Crippen LogP contribution in [0.2, 0.25) is 0 Å². The molecule has 308 valence electrons. The summed E-state index contributed by atoms with van der Waals surface area (Å²) < 4.78 is 0. The van der Waals surface area contributed by atoms with Gasteiger partial charge in [-0.05, 0) is 98.8 Å². The van der Waals surface area contributed by atoms with Gasteiger partial charge in [0.2, 0.25) is 11.8 Å². The van der Waals surface area contributed by atoms with Crippen LogP contribution in [0.1, 0.15) is 66.2 Å². The Balaban J connectivity index is 1.66. The first-order chi connectivity index (χ1) is 28.0. The molecule has 0 aromatic carbocycles. The van der Waals surface area contributed by atoms with Gasteiger partial charge in [0, 0.05) is 35.9 Å². The SMILES string of the molecule is C=CC1=C(C)C2=CC3=C(/C=C/NO)C(C)(O)C(=CC4=NC(=CC5=NC(=CC1=N2)C(C)=C5CCC(=O)N[C@@H](C=O)CC(=O)O)C(CCC(=O)N[C@@H](C=O)CC(=O)O)=C4C)N3. The average molecular weight is 808 g/mol. The van der Waals surface area contributed by atoms with Crippen LogP contribution in [0, 0.1) is 0 Å². The molecule has 5 rings (SSSR count). The number of nitrogens with one attached hydrogen (secondary N) is 4. The maximum Gasteiger partial charge on any atom is 0.305 e. The van der Waals surface area contributed by atoms with Gasteiger partial charge in [0.1, 0.15) is 18.2 Å². The molecule has 5 heterocycles. The lowest BCUT2D eigenvalue weighted by molar-refractivity contribution is -0.139. The van der Waals surface area contributed by atoms with E-state index in [1.165, 1.54) is 12.3 Å². The average Bonchev–Trinajstić information content (AvgIpc) is 3.81. The van der Waals surface area contributed by atoms with E-state index in [0.717, 1.165) is 11.1 Å². The zero-order valence-electron chi connectivity index (χ0n) is 32.9. The Bertz CT molecular complexity index is 2310. The van der Waals surface area contributed by atoms with Crippen molar-refractivity contribution in [1.29, 1.82) is 0 Å². The Morgan fingerprint density at radius 1 is 0.780 bits per heavy atom. The standard InChI is InChI=1S/C42H45N7O10/c1-6-26-21(2)31-16-36-29(11-12-43-59)42(5,58)37(49-36)18-32-23(4)28(8-10-39(53)45-25(20-51)14-41(56)57)35(48-32)17-34-27(22(3)30(47-34)15-33(26)46-31)7-9-38(52)44-24(19-50)13-40(54)55/h6,11-12,15-20,24-25,43,49,58-59H,1,7-10,13-14H2,2-5H3,(H,44,52)(H,45,53)(H,54,55)(H,56,57)/b12-11+,30-15?,31-16?,35-17?,37-18?/t24-,25-,42?/m1/s1. The third kappa shape index (κ3) is 9.65. The van der Waals surface area contributed by atoms with Crippen molar-refractivity contribution in [1.82, 2.24) is 21.4 Å². The van der Waals surface area contributed by atoms with Crippen LogP contribution in [0.15, 0.2) is 132 Å². The van der Waals surface area contributed by atoms with Crippen molar-refractivity contribution >= 4 is 53.5 Å². The highest BCUT2D eigenvalue weighted by atomic mass is 16.5. The van der Waals surface area contributed by atoms with Crippen LogP contribution in [0.25, 0.3) is 0 Å². The third-order valence-electron chi connectivity index (χ3n) is 10.3. The molecule has 2 amide bonds. The van der Waals surface area contributed by atoms with Crippen LogP contribution >= 0.6 is 0 Å². The van der Waals surface area contributed by atoms with E-state index in [4.69, 9.17) is 25.2 Å². The molecule has 3 atom stereocenters. The number of carboxylic acid groups (broad SMARTS) is 2. The van der Waals surface area contributed by atoms with E-state index in [1.807, 2.05) is 19.3 Å². The summed E-state index contributed by atoms with van der Waals surface area (Å²) >= 11 is 0. The molecule has 8 bridgehead atoms. The zero-order valence-corrected chi connectivity index (χ0v) is 32.9. The van der Waals surface area contributed by atoms with Gasteiger partial charge in [0.25, 0.3) is 0 Å². The van der Waals surface area contributed by atoms with Gasteiger partial charge in [-0.15, -0.1) is 0 Å². The molecule has 0 aliphatic carbocycles. The molecule has 0 aromatic heterocycles. The van der Waals surface area contributed by atoms with E-state index in [9.17, 15) is 39.1 Å². The van der Waals surface area contributed by atoms with Gasteiger partial charge in [-0.25, -0.2) is 15.0 Å². The minimum absolute atomic E-state index is 0.102. The van der Waals surface area contributed by atoms with Crippen LogP contribution in [-0.4, -0.2) is 91.7 Å². The summed E-state index contributed by atoms with van der Waals surface area (Å²) in [5, 5.41) is 47.9. The summed E-state index contributed by atoms with van der Waals surface area (Å²) in [4.78, 5) is 86.2. The molecule has 0 spiro atoms. The van der Waals surface area contributed by atoms with E-state index in [1.54, 1.807) is 44.2 Å². The number of aliphatic imine (C=N–C) groups is 3. The van der Waals surface area contributed by atoms with Gasteiger partial charge in [-0.3, -0.25) is 29.9 Å². The fraction of sp³-hybridized carbons (Fsp3) is 0.310. The minimum Gasteiger partial charge on any atom is -0.481 e. The molecule has 0 saturated heterocycles. The van der Waals surface area contributed by atoms with Gasteiger partial charge < -0.3 is 40.9 Å². The molecule has 17 heteroatoms. The third-order valence-corrected chi connectivity index (χ3v) is 10.3. The second-order valence-corrected chi connectivity index (χ2v) is 14.4. The lowest BCUT2D eigenvalue weighted by atomic mass is 9.92. The predicted octanol–water partition coefficient (Wildman–Crippen LogP) is 3.01. The highest BCUT2D eigenvalue weighted by Crippen LogP contribution is 2.40. The van der Waals surface area contributed by atoms with E-state index < -0.39 is 54.3 Å². The number of carbonyl (C=O) groups excluding carboxylic acids is 4. The lowest BCUT2D eigenvalue weighted by Gasteiger charge is -2.20. The number of hydroxylamine groups is 1. The maximum atomic E-state index is 13.0. The van der Waals surface area contributed by atoms with Crippen molar-refractivity contribution in [2.75, 3.05) is 0 Å². The van der Waals surface area contributed by atoms with Gasteiger partial charge in [-0.1, -0.05) is 12.7 Å². The Morgan fingerprint density at radius 2 is 1.32 bits per heavy atom. The molecular formula is C42H45N7O10. The van der Waals surface area contributed by atoms with Gasteiger partial charge in [0.15, 0.2) is 0 Å². The molecule has 0 aromatic rings. The van der Waals surface area contributed by atoms with Crippen LogP contribution in [0.3, 0.4) is 0 Å². The largest absolute Gasteiger partial charge is 0.481 e. The molecule has 5 aliphatic heterocycles. The van der Waals surface area contributed by atoms with E-state index in [0.29, 0.717) is 86.1 Å². The first kappa shape index (κ1) is 43.3. The maximum absolute atomic E-state index is 13.0. The first-order valence-electron chi connectivity index (χ1n) is 18.6. The van der Waals surface area contributed by atoms with Crippen LogP contribution in [-0.2, 0) is 28.8 Å². The highest BCUT2D eigenvalue weighted by Gasteiger charge is 2.39. The fourth-order valence-corrected chi connectivity index (χ4v) is 7.13. The fourth-order valence-electron chi connectivity index (χ4n) is 7.13. The normalized spacial score (nSPS) is 20.8. The molecular weight excluding hydrogens is 763 g/mol. The van der Waals surface area contributed by atoms with Gasteiger partial charge in [-0.2, -0.15) is 0 Å². The summed E-state index contributed by atoms with van der Waals surface area (Å²) in [6.07, 6.45) is 10.9. The van der Waals surface area contributed by atoms with Crippen molar-refractivity contribution in [2.24, 2.45) is 15.0 Å². The molecule has 0 fully saturated rings. The predicted molar refractivity (Wildman–Crippen MR) is 217 cm³/mol. The Morgan fingerprint density at radius 3 is 1.88 bits per heavy atom. The van der Waals surface area contributed by atoms with Gasteiger partial charge in [0.05, 0.1) is 64.8 Å². The number of hydrogen-bond donors (Lipinski definition) is 8. The quantitative estimate of drug-likeness (QED) is 0.0779. The highest BCUT2D eigenvalue weighted by molar-refractivity contribution is 6.18. The number of hydrogen-bond acceptors (Lipinski definition) is 13. The summed E-state index contributed by atoms with van der Waals surface area (Å²) in [5.41, 5.74) is 8.57. The van der Waals surface area contributed by atoms with E-state index in [-0.39, 0.29) is 25.7 Å². The number of allylic oxidation sites excluding steroid dienone is 11. The minimum atomic E-state index is -1.63. The van der Waals surface area contributed by atoms with Crippen molar-refractivity contribution < 1.29 is 49.3 Å². The molecule has 8 N–H and O–H groups in total. The number of fused-ring (bicyclic) bond motifs is 5. The van der Waals surface area contributed by atoms with Crippen molar-refractivity contribution in [3.8, 4) is 0 Å². The smallest absolute Gasteiger partial charge is 0.305 e. The Labute approximate surface area is 339 Å². The van der Waals surface area contributed by atoms with Crippen LogP contribution in [0.4, 0.5) is 0 Å².